The molecule has 1 unspecified atom stereocenters. The van der Waals surface area contributed by atoms with Crippen molar-refractivity contribution in [1.29, 1.82) is 5.26 Å². The molecule has 0 aliphatic heterocycles. The van der Waals surface area contributed by atoms with Crippen molar-refractivity contribution in [2.24, 2.45) is 0 Å². The normalized spacial score (nSPS) is 11.8. The van der Waals surface area contributed by atoms with Gasteiger partial charge in [-0.05, 0) is 19.9 Å². The Labute approximate surface area is 84.1 Å². The zero-order chi connectivity index (χ0) is 10.8. The van der Waals surface area contributed by atoms with E-state index < -0.39 is 0 Å². The molecular weight excluding hydrogens is 182 g/mol. The molecule has 0 saturated heterocycles. The molecule has 0 aromatic rings. The maximum Gasteiger partial charge on any atom is 0.233 e. The molecule has 0 bridgehead atoms. The molecule has 0 rings (SSSR count). The lowest BCUT2D eigenvalue weighted by Crippen LogP contribution is -2.35. The molecule has 80 valence electrons. The number of nitriles is 1. The SMILES string of the molecule is CC(O)CCNCC(=O)NCCC#N. The van der Waals surface area contributed by atoms with Crippen LogP contribution >= 0.6 is 0 Å². The van der Waals surface area contributed by atoms with E-state index in [0.29, 0.717) is 25.9 Å². The number of hydrogen-bond donors (Lipinski definition) is 3. The van der Waals surface area contributed by atoms with Crippen LogP contribution in [0.4, 0.5) is 0 Å². The highest BCUT2D eigenvalue weighted by Crippen LogP contribution is 1.84. The first-order valence-electron chi connectivity index (χ1n) is 4.69. The molecule has 0 fully saturated rings. The summed E-state index contributed by atoms with van der Waals surface area (Å²) in [5.41, 5.74) is 0. The fourth-order valence-corrected chi connectivity index (χ4v) is 0.833. The Bertz CT molecular complexity index is 199. The monoisotopic (exact) mass is 199 g/mol. The predicted octanol–water partition coefficient (Wildman–Crippen LogP) is -0.623. The van der Waals surface area contributed by atoms with Gasteiger partial charge in [0.1, 0.15) is 0 Å². The first-order valence-corrected chi connectivity index (χ1v) is 4.69. The van der Waals surface area contributed by atoms with Gasteiger partial charge in [0.05, 0.1) is 25.1 Å². The summed E-state index contributed by atoms with van der Waals surface area (Å²) in [7, 11) is 0. The van der Waals surface area contributed by atoms with Gasteiger partial charge < -0.3 is 15.7 Å². The second-order valence-electron chi connectivity index (χ2n) is 3.07. The van der Waals surface area contributed by atoms with Gasteiger partial charge in [0.25, 0.3) is 0 Å². The molecule has 3 N–H and O–H groups in total. The van der Waals surface area contributed by atoms with Crippen molar-refractivity contribution < 1.29 is 9.90 Å². The quantitative estimate of drug-likeness (QED) is 0.477. The topological polar surface area (TPSA) is 85.2 Å². The Morgan fingerprint density at radius 2 is 2.29 bits per heavy atom. The van der Waals surface area contributed by atoms with Gasteiger partial charge in [0.2, 0.25) is 5.91 Å². The second-order valence-corrected chi connectivity index (χ2v) is 3.07. The van der Waals surface area contributed by atoms with E-state index in [1.807, 2.05) is 6.07 Å². The van der Waals surface area contributed by atoms with Crippen LogP contribution in [0.2, 0.25) is 0 Å². The number of carbonyl (C=O) groups is 1. The summed E-state index contributed by atoms with van der Waals surface area (Å²) in [6.45, 7) is 2.95. The first-order chi connectivity index (χ1) is 6.66. The van der Waals surface area contributed by atoms with Crippen LogP contribution in [0, 0.1) is 11.3 Å². The maximum absolute atomic E-state index is 11.0. The van der Waals surface area contributed by atoms with Gasteiger partial charge in [-0.15, -0.1) is 0 Å². The van der Waals surface area contributed by atoms with Crippen molar-refractivity contribution in [3.05, 3.63) is 0 Å². The van der Waals surface area contributed by atoms with Crippen molar-refractivity contribution in [3.63, 3.8) is 0 Å². The predicted molar refractivity (Wildman–Crippen MR) is 52.4 cm³/mol. The highest BCUT2D eigenvalue weighted by molar-refractivity contribution is 5.77. The van der Waals surface area contributed by atoms with Gasteiger partial charge in [-0.3, -0.25) is 4.79 Å². The van der Waals surface area contributed by atoms with E-state index in [4.69, 9.17) is 10.4 Å². The van der Waals surface area contributed by atoms with Crippen LogP contribution in [0.3, 0.4) is 0 Å². The summed E-state index contributed by atoms with van der Waals surface area (Å²) in [5, 5.41) is 22.6. The van der Waals surface area contributed by atoms with Gasteiger partial charge in [0.15, 0.2) is 0 Å². The Balaban J connectivity index is 3.23. The lowest BCUT2D eigenvalue weighted by molar-refractivity contribution is -0.120. The average Bonchev–Trinajstić information content (AvgIpc) is 2.13. The van der Waals surface area contributed by atoms with Crippen molar-refractivity contribution in [2.75, 3.05) is 19.6 Å². The van der Waals surface area contributed by atoms with Gasteiger partial charge >= 0.3 is 0 Å². The second kappa shape index (κ2) is 8.48. The Morgan fingerprint density at radius 1 is 1.57 bits per heavy atom. The van der Waals surface area contributed by atoms with E-state index in [1.165, 1.54) is 0 Å². The van der Waals surface area contributed by atoms with E-state index in [2.05, 4.69) is 10.6 Å². The number of aliphatic hydroxyl groups excluding tert-OH is 1. The highest BCUT2D eigenvalue weighted by atomic mass is 16.3. The number of aliphatic hydroxyl groups is 1. The maximum atomic E-state index is 11.0. The average molecular weight is 199 g/mol. The minimum Gasteiger partial charge on any atom is -0.393 e. The van der Waals surface area contributed by atoms with E-state index in [1.54, 1.807) is 6.92 Å². The van der Waals surface area contributed by atoms with Gasteiger partial charge in [0, 0.05) is 6.54 Å². The van der Waals surface area contributed by atoms with E-state index in [0.717, 1.165) is 0 Å². The van der Waals surface area contributed by atoms with E-state index in [9.17, 15) is 4.79 Å². The van der Waals surface area contributed by atoms with E-state index >= 15 is 0 Å². The summed E-state index contributed by atoms with van der Waals surface area (Å²) in [6, 6.07) is 1.94. The Morgan fingerprint density at radius 3 is 2.86 bits per heavy atom. The number of hydrogen-bond acceptors (Lipinski definition) is 4. The third kappa shape index (κ3) is 8.97. The molecule has 0 aromatic heterocycles. The van der Waals surface area contributed by atoms with Crippen LogP contribution in [-0.2, 0) is 4.79 Å². The lowest BCUT2D eigenvalue weighted by Gasteiger charge is -2.06. The van der Waals surface area contributed by atoms with Crippen molar-refractivity contribution in [2.45, 2.75) is 25.9 Å². The van der Waals surface area contributed by atoms with Gasteiger partial charge in [-0.25, -0.2) is 0 Å². The third-order valence-corrected chi connectivity index (χ3v) is 1.58. The standard InChI is InChI=1S/C9H17N3O2/c1-8(13)3-6-11-7-9(14)12-5-2-4-10/h8,11,13H,2-3,5-7H2,1H3,(H,12,14). The van der Waals surface area contributed by atoms with Crippen molar-refractivity contribution in [3.8, 4) is 6.07 Å². The molecule has 1 amide bonds. The summed E-state index contributed by atoms with van der Waals surface area (Å²) in [4.78, 5) is 11.0. The Kier molecular flexibility index (Phi) is 7.80. The smallest absolute Gasteiger partial charge is 0.233 e. The molecule has 0 aromatic carbocycles. The summed E-state index contributed by atoms with van der Waals surface area (Å²) in [6.07, 6.45) is 0.620. The number of carbonyl (C=O) groups excluding carboxylic acids is 1. The number of amides is 1. The van der Waals surface area contributed by atoms with Crippen LogP contribution in [0.5, 0.6) is 0 Å². The van der Waals surface area contributed by atoms with Crippen molar-refractivity contribution >= 4 is 5.91 Å². The molecule has 0 aliphatic carbocycles. The van der Waals surface area contributed by atoms with Gasteiger partial charge in [-0.2, -0.15) is 5.26 Å². The minimum atomic E-state index is -0.343. The summed E-state index contributed by atoms with van der Waals surface area (Å²) in [5.74, 6) is -0.120. The molecular formula is C9H17N3O2. The summed E-state index contributed by atoms with van der Waals surface area (Å²) < 4.78 is 0. The largest absolute Gasteiger partial charge is 0.393 e. The first kappa shape index (κ1) is 12.9. The Hall–Kier alpha value is -1.12. The molecule has 14 heavy (non-hydrogen) atoms. The van der Waals surface area contributed by atoms with Crippen LogP contribution in [-0.4, -0.2) is 36.8 Å². The number of nitrogens with zero attached hydrogens (tertiary/aromatic N) is 1. The minimum absolute atomic E-state index is 0.120. The molecule has 5 nitrogen and oxygen atoms in total. The number of rotatable bonds is 7. The number of nitrogens with one attached hydrogen (secondary N) is 2. The molecule has 1 atom stereocenters. The van der Waals surface area contributed by atoms with Crippen LogP contribution < -0.4 is 10.6 Å². The lowest BCUT2D eigenvalue weighted by atomic mass is 10.3. The van der Waals surface area contributed by atoms with Crippen molar-refractivity contribution in [1.82, 2.24) is 10.6 Å². The zero-order valence-corrected chi connectivity index (χ0v) is 8.42. The highest BCUT2D eigenvalue weighted by Gasteiger charge is 1.99. The van der Waals surface area contributed by atoms with Crippen LogP contribution in [0.15, 0.2) is 0 Å². The van der Waals surface area contributed by atoms with Crippen LogP contribution in [0.1, 0.15) is 19.8 Å². The third-order valence-electron chi connectivity index (χ3n) is 1.58. The zero-order valence-electron chi connectivity index (χ0n) is 8.42. The van der Waals surface area contributed by atoms with Crippen LogP contribution in [0.25, 0.3) is 0 Å². The molecule has 0 saturated carbocycles. The summed E-state index contributed by atoms with van der Waals surface area (Å²) >= 11 is 0. The van der Waals surface area contributed by atoms with E-state index in [-0.39, 0.29) is 18.6 Å². The molecule has 0 aliphatic rings. The fourth-order valence-electron chi connectivity index (χ4n) is 0.833. The molecule has 5 heteroatoms. The van der Waals surface area contributed by atoms with Gasteiger partial charge in [-0.1, -0.05) is 0 Å². The molecule has 0 spiro atoms. The fraction of sp³-hybridized carbons (Fsp3) is 0.778. The molecule has 0 radical (unpaired) electrons. The molecule has 0 heterocycles.